The molecular formula is C9H9NO3S. The molecule has 0 bridgehead atoms. The van der Waals surface area contributed by atoms with Crippen molar-refractivity contribution < 1.29 is 13.5 Å². The van der Waals surface area contributed by atoms with Crippen LogP contribution in [0.1, 0.15) is 12.5 Å². The molecule has 0 aromatic heterocycles. The van der Waals surface area contributed by atoms with Crippen LogP contribution in [-0.4, -0.2) is 13.5 Å². The second kappa shape index (κ2) is 2.75. The highest BCUT2D eigenvalue weighted by atomic mass is 32.2. The molecule has 0 fully saturated rings. The first kappa shape index (κ1) is 9.08. The Hall–Kier alpha value is -1.49. The number of hydrogen-bond donors (Lipinski definition) is 2. The van der Waals surface area contributed by atoms with Crippen molar-refractivity contribution in [3.05, 3.63) is 35.5 Å². The van der Waals surface area contributed by atoms with E-state index in [1.807, 2.05) is 0 Å². The van der Waals surface area contributed by atoms with Crippen molar-refractivity contribution in [2.24, 2.45) is 0 Å². The monoisotopic (exact) mass is 211 g/mol. The normalized spacial score (nSPS) is 18.6. The van der Waals surface area contributed by atoms with Gasteiger partial charge in [-0.05, 0) is 19.1 Å². The molecule has 4 nitrogen and oxygen atoms in total. The lowest BCUT2D eigenvalue weighted by atomic mass is 10.1. The molecule has 1 aromatic carbocycles. The summed E-state index contributed by atoms with van der Waals surface area (Å²) in [5.74, 6) is -0.0181. The molecule has 5 heteroatoms. The summed E-state index contributed by atoms with van der Waals surface area (Å²) < 4.78 is 25.4. The molecule has 1 aliphatic rings. The summed E-state index contributed by atoms with van der Waals surface area (Å²) in [6.45, 7) is 1.52. The van der Waals surface area contributed by atoms with Crippen LogP contribution in [0.2, 0.25) is 0 Å². The number of aliphatic hydroxyl groups excluding tert-OH is 1. The quantitative estimate of drug-likeness (QED) is 0.678. The largest absolute Gasteiger partial charge is 0.505 e. The Morgan fingerprint density at radius 1 is 1.29 bits per heavy atom. The van der Waals surface area contributed by atoms with Crippen LogP contribution in [-0.2, 0) is 10.0 Å². The van der Waals surface area contributed by atoms with Crippen LogP contribution in [0, 0.1) is 0 Å². The fourth-order valence-corrected chi connectivity index (χ4v) is 2.73. The molecule has 74 valence electrons. The topological polar surface area (TPSA) is 66.4 Å². The Bertz CT molecular complexity index is 517. The molecule has 14 heavy (non-hydrogen) atoms. The lowest BCUT2D eigenvalue weighted by molar-refractivity contribution is 0.496. The molecule has 0 radical (unpaired) electrons. The zero-order valence-corrected chi connectivity index (χ0v) is 8.30. The van der Waals surface area contributed by atoms with E-state index in [1.54, 1.807) is 18.2 Å². The molecule has 1 heterocycles. The van der Waals surface area contributed by atoms with Crippen LogP contribution >= 0.6 is 0 Å². The van der Waals surface area contributed by atoms with Gasteiger partial charge in [0.2, 0.25) is 0 Å². The molecule has 0 spiro atoms. The minimum absolute atomic E-state index is 0.0181. The molecule has 0 unspecified atom stereocenters. The smallest absolute Gasteiger partial charge is 0.262 e. The highest BCUT2D eigenvalue weighted by molar-refractivity contribution is 7.89. The van der Waals surface area contributed by atoms with Crippen LogP contribution in [0.25, 0.3) is 5.76 Å². The number of hydrogen-bond acceptors (Lipinski definition) is 3. The predicted molar refractivity (Wildman–Crippen MR) is 52.0 cm³/mol. The van der Waals surface area contributed by atoms with Crippen molar-refractivity contribution in [3.63, 3.8) is 0 Å². The van der Waals surface area contributed by atoms with Gasteiger partial charge in [-0.25, -0.2) is 8.42 Å². The third-order valence-corrected chi connectivity index (χ3v) is 3.58. The lowest BCUT2D eigenvalue weighted by Crippen LogP contribution is -2.27. The summed E-state index contributed by atoms with van der Waals surface area (Å²) >= 11 is 0. The van der Waals surface area contributed by atoms with Gasteiger partial charge in [-0.15, -0.1) is 0 Å². The minimum atomic E-state index is -3.49. The highest BCUT2D eigenvalue weighted by Gasteiger charge is 2.26. The average Bonchev–Trinajstić information content (AvgIpc) is 2.14. The second-order valence-electron chi connectivity index (χ2n) is 3.08. The van der Waals surface area contributed by atoms with Crippen LogP contribution in [0.5, 0.6) is 0 Å². The van der Waals surface area contributed by atoms with Crippen molar-refractivity contribution in [2.75, 3.05) is 0 Å². The van der Waals surface area contributed by atoms with Gasteiger partial charge in [0.05, 0.1) is 10.6 Å². The van der Waals surface area contributed by atoms with Crippen molar-refractivity contribution in [3.8, 4) is 0 Å². The van der Waals surface area contributed by atoms with Gasteiger partial charge in [0.1, 0.15) is 5.76 Å². The van der Waals surface area contributed by atoms with Crippen LogP contribution in [0.4, 0.5) is 0 Å². The van der Waals surface area contributed by atoms with Gasteiger partial charge in [-0.3, -0.25) is 4.72 Å². The number of aliphatic hydroxyl groups is 1. The number of benzene rings is 1. The molecule has 2 N–H and O–H groups in total. The Balaban J connectivity index is 2.82. The first-order valence-corrected chi connectivity index (χ1v) is 5.53. The Kier molecular flexibility index (Phi) is 1.78. The maximum Gasteiger partial charge on any atom is 0.262 e. The van der Waals surface area contributed by atoms with Crippen molar-refractivity contribution >= 4 is 15.8 Å². The summed E-state index contributed by atoms with van der Waals surface area (Å²) in [4.78, 5) is 0.114. The van der Waals surface area contributed by atoms with E-state index in [1.165, 1.54) is 13.0 Å². The third-order valence-electron chi connectivity index (χ3n) is 2.07. The zero-order valence-electron chi connectivity index (χ0n) is 7.48. The predicted octanol–water partition coefficient (Wildman–Crippen LogP) is 1.23. The van der Waals surface area contributed by atoms with Gasteiger partial charge in [0.25, 0.3) is 10.0 Å². The third kappa shape index (κ3) is 1.17. The van der Waals surface area contributed by atoms with Gasteiger partial charge in [0, 0.05) is 5.56 Å². The molecule has 0 amide bonds. The highest BCUT2D eigenvalue weighted by Crippen LogP contribution is 2.27. The van der Waals surface area contributed by atoms with E-state index >= 15 is 0 Å². The molecule has 0 aliphatic carbocycles. The molecule has 2 rings (SSSR count). The number of sulfonamides is 1. The first-order chi connectivity index (χ1) is 6.52. The summed E-state index contributed by atoms with van der Waals surface area (Å²) in [6.07, 6.45) is 0. The second-order valence-corrected chi connectivity index (χ2v) is 4.73. The molecule has 1 aromatic rings. The van der Waals surface area contributed by atoms with Gasteiger partial charge in [-0.2, -0.15) is 0 Å². The van der Waals surface area contributed by atoms with E-state index < -0.39 is 10.0 Å². The number of fused-ring (bicyclic) bond motifs is 1. The minimum Gasteiger partial charge on any atom is -0.505 e. The SMILES string of the molecule is CC1=C(O)c2ccccc2S(=O)(=O)N1. The Morgan fingerprint density at radius 2 is 1.93 bits per heavy atom. The van der Waals surface area contributed by atoms with Crippen LogP contribution in [0.15, 0.2) is 34.9 Å². The average molecular weight is 211 g/mol. The van der Waals surface area contributed by atoms with Gasteiger partial charge in [-0.1, -0.05) is 12.1 Å². The summed E-state index contributed by atoms with van der Waals surface area (Å²) in [5, 5.41) is 9.61. The molecule has 1 aliphatic heterocycles. The van der Waals surface area contributed by atoms with E-state index in [9.17, 15) is 13.5 Å². The van der Waals surface area contributed by atoms with E-state index in [4.69, 9.17) is 0 Å². The maximum atomic E-state index is 11.6. The first-order valence-electron chi connectivity index (χ1n) is 4.04. The number of nitrogens with one attached hydrogen (secondary N) is 1. The fourth-order valence-electron chi connectivity index (χ4n) is 1.40. The molecular weight excluding hydrogens is 202 g/mol. The molecule has 0 saturated heterocycles. The summed E-state index contributed by atoms with van der Waals surface area (Å²) in [5.41, 5.74) is 0.604. The van der Waals surface area contributed by atoms with E-state index in [0.717, 1.165) is 0 Å². The Morgan fingerprint density at radius 3 is 2.64 bits per heavy atom. The summed E-state index contributed by atoms with van der Waals surface area (Å²) in [7, 11) is -3.49. The van der Waals surface area contributed by atoms with Gasteiger partial charge >= 0.3 is 0 Å². The van der Waals surface area contributed by atoms with Crippen molar-refractivity contribution in [1.82, 2.24) is 4.72 Å². The van der Waals surface area contributed by atoms with Crippen LogP contribution < -0.4 is 4.72 Å². The molecule has 0 saturated carbocycles. The van der Waals surface area contributed by atoms with E-state index in [-0.39, 0.29) is 16.4 Å². The fraction of sp³-hybridized carbons (Fsp3) is 0.111. The maximum absolute atomic E-state index is 11.6. The standard InChI is InChI=1S/C9H9NO3S/c1-6-9(11)7-4-2-3-5-8(7)14(12,13)10-6/h2-5,10-11H,1H3. The van der Waals surface area contributed by atoms with Crippen molar-refractivity contribution in [1.29, 1.82) is 0 Å². The van der Waals surface area contributed by atoms with Crippen molar-refractivity contribution in [2.45, 2.75) is 11.8 Å². The lowest BCUT2D eigenvalue weighted by Gasteiger charge is -2.18. The Labute approximate surface area is 81.9 Å². The van der Waals surface area contributed by atoms with E-state index in [2.05, 4.69) is 4.72 Å². The van der Waals surface area contributed by atoms with Gasteiger partial charge in [0.15, 0.2) is 0 Å². The zero-order chi connectivity index (χ0) is 10.3. The molecule has 0 atom stereocenters. The number of rotatable bonds is 0. The summed E-state index contributed by atoms with van der Waals surface area (Å²) in [6, 6.07) is 6.34. The van der Waals surface area contributed by atoms with E-state index in [0.29, 0.717) is 5.56 Å². The van der Waals surface area contributed by atoms with Gasteiger partial charge < -0.3 is 5.11 Å². The number of allylic oxidation sites excluding steroid dienone is 1. The van der Waals surface area contributed by atoms with Crippen LogP contribution in [0.3, 0.4) is 0 Å².